The molecule has 1 aromatic rings. The molecular formula is C14H23N3O. The number of anilines is 1. The molecule has 2 atom stereocenters. The molecule has 18 heavy (non-hydrogen) atoms. The minimum atomic E-state index is 0.342. The molecule has 1 aliphatic carbocycles. The number of nitrogens with zero attached hydrogens (tertiary/aromatic N) is 2. The van der Waals surface area contributed by atoms with Crippen LogP contribution in [0.2, 0.25) is 0 Å². The van der Waals surface area contributed by atoms with Gasteiger partial charge in [0.25, 0.3) is 0 Å². The van der Waals surface area contributed by atoms with Crippen LogP contribution in [0.5, 0.6) is 0 Å². The summed E-state index contributed by atoms with van der Waals surface area (Å²) in [5.74, 6) is 2.72. The van der Waals surface area contributed by atoms with Crippen LogP contribution in [0.4, 0.5) is 5.82 Å². The molecule has 0 bridgehead atoms. The van der Waals surface area contributed by atoms with Crippen molar-refractivity contribution in [2.75, 3.05) is 5.73 Å². The van der Waals surface area contributed by atoms with Gasteiger partial charge in [0.15, 0.2) is 5.82 Å². The third-order valence-corrected chi connectivity index (χ3v) is 3.50. The van der Waals surface area contributed by atoms with Crippen molar-refractivity contribution in [3.8, 4) is 0 Å². The third kappa shape index (κ3) is 3.67. The zero-order chi connectivity index (χ0) is 13.1. The summed E-state index contributed by atoms with van der Waals surface area (Å²) in [7, 11) is 0. The zero-order valence-electron chi connectivity index (χ0n) is 11.5. The minimum absolute atomic E-state index is 0.342. The predicted molar refractivity (Wildman–Crippen MR) is 71.9 cm³/mol. The molecule has 0 saturated heterocycles. The molecule has 0 amide bonds. The van der Waals surface area contributed by atoms with E-state index in [0.717, 1.165) is 30.4 Å². The molecule has 100 valence electrons. The van der Waals surface area contributed by atoms with Crippen LogP contribution in [-0.2, 0) is 11.3 Å². The topological polar surface area (TPSA) is 61.0 Å². The van der Waals surface area contributed by atoms with Gasteiger partial charge in [-0.3, -0.25) is 0 Å². The van der Waals surface area contributed by atoms with Crippen LogP contribution < -0.4 is 5.73 Å². The average Bonchev–Trinajstić information content (AvgIpc) is 2.23. The molecule has 1 saturated carbocycles. The number of aromatic nitrogens is 2. The van der Waals surface area contributed by atoms with Crippen molar-refractivity contribution in [2.24, 2.45) is 11.8 Å². The van der Waals surface area contributed by atoms with E-state index in [2.05, 4.69) is 23.8 Å². The van der Waals surface area contributed by atoms with Gasteiger partial charge in [0.1, 0.15) is 12.4 Å². The first-order chi connectivity index (χ1) is 8.52. The molecule has 1 fully saturated rings. The third-order valence-electron chi connectivity index (χ3n) is 3.50. The molecule has 1 aliphatic rings. The first kappa shape index (κ1) is 13.3. The quantitative estimate of drug-likeness (QED) is 0.894. The Morgan fingerprint density at radius 1 is 1.22 bits per heavy atom. The summed E-state index contributed by atoms with van der Waals surface area (Å²) in [4.78, 5) is 8.54. The molecule has 0 aliphatic heterocycles. The lowest BCUT2D eigenvalue weighted by molar-refractivity contribution is -0.0119. The van der Waals surface area contributed by atoms with Crippen LogP contribution in [0, 0.1) is 18.8 Å². The highest BCUT2D eigenvalue weighted by molar-refractivity contribution is 5.28. The van der Waals surface area contributed by atoms with Gasteiger partial charge in [0.05, 0.1) is 6.10 Å². The maximum Gasteiger partial charge on any atom is 0.156 e. The van der Waals surface area contributed by atoms with Crippen molar-refractivity contribution in [3.05, 3.63) is 17.6 Å². The van der Waals surface area contributed by atoms with Gasteiger partial charge in [-0.05, 0) is 38.0 Å². The van der Waals surface area contributed by atoms with Crippen molar-refractivity contribution >= 4 is 5.82 Å². The number of ether oxygens (including phenoxy) is 1. The van der Waals surface area contributed by atoms with Crippen LogP contribution in [0.3, 0.4) is 0 Å². The summed E-state index contributed by atoms with van der Waals surface area (Å²) in [5.41, 5.74) is 6.60. The number of aryl methyl sites for hydroxylation is 1. The summed E-state index contributed by atoms with van der Waals surface area (Å²) in [5, 5.41) is 0. The molecule has 0 radical (unpaired) electrons. The van der Waals surface area contributed by atoms with E-state index in [-0.39, 0.29) is 0 Å². The summed E-state index contributed by atoms with van der Waals surface area (Å²) >= 11 is 0. The van der Waals surface area contributed by atoms with E-state index >= 15 is 0 Å². The second kappa shape index (κ2) is 5.65. The Balaban J connectivity index is 1.90. The summed E-state index contributed by atoms with van der Waals surface area (Å²) in [6, 6.07) is 1.77. The largest absolute Gasteiger partial charge is 0.384 e. The van der Waals surface area contributed by atoms with Gasteiger partial charge in [-0.1, -0.05) is 13.8 Å². The van der Waals surface area contributed by atoms with Crippen LogP contribution >= 0.6 is 0 Å². The van der Waals surface area contributed by atoms with Crippen molar-refractivity contribution < 1.29 is 4.74 Å². The second-order valence-corrected chi connectivity index (χ2v) is 5.70. The van der Waals surface area contributed by atoms with E-state index in [4.69, 9.17) is 10.5 Å². The lowest BCUT2D eigenvalue weighted by Crippen LogP contribution is -2.26. The first-order valence-corrected chi connectivity index (χ1v) is 6.74. The van der Waals surface area contributed by atoms with E-state index in [9.17, 15) is 0 Å². The Hall–Kier alpha value is -1.16. The fourth-order valence-corrected chi connectivity index (χ4v) is 2.92. The molecule has 0 aromatic carbocycles. The normalized spacial score (nSPS) is 28.3. The number of rotatable bonds is 3. The lowest BCUT2D eigenvalue weighted by atomic mass is 9.82. The van der Waals surface area contributed by atoms with Crippen LogP contribution in [0.15, 0.2) is 6.07 Å². The Kier molecular flexibility index (Phi) is 4.17. The van der Waals surface area contributed by atoms with E-state index in [1.807, 2.05) is 6.92 Å². The molecule has 2 rings (SSSR count). The SMILES string of the molecule is Cc1cc(N)nc(COC2CC(C)CC(C)C2)n1. The van der Waals surface area contributed by atoms with E-state index in [0.29, 0.717) is 24.4 Å². The number of hydrogen-bond donors (Lipinski definition) is 1. The molecule has 0 spiro atoms. The Morgan fingerprint density at radius 2 is 1.89 bits per heavy atom. The molecule has 2 unspecified atom stereocenters. The molecule has 2 N–H and O–H groups in total. The second-order valence-electron chi connectivity index (χ2n) is 5.70. The van der Waals surface area contributed by atoms with E-state index < -0.39 is 0 Å². The van der Waals surface area contributed by atoms with Gasteiger partial charge in [-0.25, -0.2) is 9.97 Å². The maximum atomic E-state index is 5.94. The molecular weight excluding hydrogens is 226 g/mol. The summed E-state index contributed by atoms with van der Waals surface area (Å²) in [6.07, 6.45) is 3.94. The minimum Gasteiger partial charge on any atom is -0.384 e. The van der Waals surface area contributed by atoms with E-state index in [1.165, 1.54) is 6.42 Å². The van der Waals surface area contributed by atoms with E-state index in [1.54, 1.807) is 6.07 Å². The first-order valence-electron chi connectivity index (χ1n) is 6.74. The van der Waals surface area contributed by atoms with Gasteiger partial charge < -0.3 is 10.5 Å². The van der Waals surface area contributed by atoms with Crippen LogP contribution in [0.1, 0.15) is 44.6 Å². The van der Waals surface area contributed by atoms with Crippen molar-refractivity contribution in [3.63, 3.8) is 0 Å². The van der Waals surface area contributed by atoms with Crippen molar-refractivity contribution in [1.82, 2.24) is 9.97 Å². The fraction of sp³-hybridized carbons (Fsp3) is 0.714. The van der Waals surface area contributed by atoms with Gasteiger partial charge in [-0.2, -0.15) is 0 Å². The maximum absolute atomic E-state index is 5.94. The standard InChI is InChI=1S/C14H23N3O/c1-9-4-10(2)6-12(5-9)18-8-14-16-11(3)7-13(15)17-14/h7,9-10,12H,4-6,8H2,1-3H3,(H2,15,16,17). The van der Waals surface area contributed by atoms with Crippen LogP contribution in [0.25, 0.3) is 0 Å². The Labute approximate surface area is 109 Å². The summed E-state index contributed by atoms with van der Waals surface area (Å²) in [6.45, 7) is 6.99. The highest BCUT2D eigenvalue weighted by Gasteiger charge is 2.24. The number of nitrogen functional groups attached to an aromatic ring is 1. The average molecular weight is 249 g/mol. The molecule has 1 aromatic heterocycles. The van der Waals surface area contributed by atoms with Crippen molar-refractivity contribution in [1.29, 1.82) is 0 Å². The van der Waals surface area contributed by atoms with Gasteiger partial charge in [0, 0.05) is 11.8 Å². The lowest BCUT2D eigenvalue weighted by Gasteiger charge is -2.31. The fourth-order valence-electron chi connectivity index (χ4n) is 2.92. The molecule has 1 heterocycles. The Bertz CT molecular complexity index is 378. The molecule has 4 heteroatoms. The van der Waals surface area contributed by atoms with Crippen molar-refractivity contribution in [2.45, 2.75) is 52.7 Å². The van der Waals surface area contributed by atoms with Gasteiger partial charge in [-0.15, -0.1) is 0 Å². The number of nitrogens with two attached hydrogens (primary N) is 1. The Morgan fingerprint density at radius 3 is 2.50 bits per heavy atom. The predicted octanol–water partition coefficient (Wildman–Crippen LogP) is 2.71. The smallest absolute Gasteiger partial charge is 0.156 e. The van der Waals surface area contributed by atoms with Gasteiger partial charge >= 0.3 is 0 Å². The zero-order valence-corrected chi connectivity index (χ0v) is 11.5. The summed E-state index contributed by atoms with van der Waals surface area (Å²) < 4.78 is 5.94. The highest BCUT2D eigenvalue weighted by Crippen LogP contribution is 2.30. The highest BCUT2D eigenvalue weighted by atomic mass is 16.5. The number of hydrogen-bond acceptors (Lipinski definition) is 4. The monoisotopic (exact) mass is 249 g/mol. The molecule has 4 nitrogen and oxygen atoms in total. The van der Waals surface area contributed by atoms with Gasteiger partial charge in [0.2, 0.25) is 0 Å². The van der Waals surface area contributed by atoms with Crippen LogP contribution in [-0.4, -0.2) is 16.1 Å².